The van der Waals surface area contributed by atoms with E-state index in [9.17, 15) is 4.79 Å². The fourth-order valence-corrected chi connectivity index (χ4v) is 2.20. The van der Waals surface area contributed by atoms with Gasteiger partial charge in [-0.05, 0) is 39.3 Å². The van der Waals surface area contributed by atoms with Crippen molar-refractivity contribution in [3.8, 4) is 0 Å². The lowest BCUT2D eigenvalue weighted by atomic mass is 10.2. The Labute approximate surface area is 125 Å². The largest absolute Gasteiger partial charge is 0.461 e. The van der Waals surface area contributed by atoms with Gasteiger partial charge in [-0.15, -0.1) is 0 Å². The van der Waals surface area contributed by atoms with E-state index in [1.807, 2.05) is 56.5 Å². The molecule has 1 aromatic carbocycles. The van der Waals surface area contributed by atoms with Crippen LogP contribution in [0.5, 0.6) is 0 Å². The maximum absolute atomic E-state index is 12.3. The van der Waals surface area contributed by atoms with Gasteiger partial charge in [0, 0.05) is 6.54 Å². The first-order valence-electron chi connectivity index (χ1n) is 7.49. The van der Waals surface area contributed by atoms with Gasteiger partial charge < -0.3 is 10.1 Å². The van der Waals surface area contributed by atoms with Crippen molar-refractivity contribution in [1.29, 1.82) is 0 Å². The minimum atomic E-state index is -0.416. The molecular formula is C16H23N3O2. The van der Waals surface area contributed by atoms with E-state index < -0.39 is 6.04 Å². The summed E-state index contributed by atoms with van der Waals surface area (Å²) in [6.45, 7) is 8.50. The molecule has 114 valence electrons. The molecule has 1 aromatic heterocycles. The number of para-hydroxylation sites is 2. The summed E-state index contributed by atoms with van der Waals surface area (Å²) >= 11 is 0. The topological polar surface area (TPSA) is 56.2 Å². The van der Waals surface area contributed by atoms with Crippen molar-refractivity contribution >= 4 is 23.0 Å². The summed E-state index contributed by atoms with van der Waals surface area (Å²) in [6, 6.07) is 7.39. The third-order valence-electron chi connectivity index (χ3n) is 3.55. The Kier molecular flexibility index (Phi) is 4.83. The van der Waals surface area contributed by atoms with Crippen LogP contribution in [0.2, 0.25) is 0 Å². The van der Waals surface area contributed by atoms with Crippen LogP contribution in [-0.2, 0) is 9.53 Å². The standard InChI is InChI=1S/C16H23N3O2/c1-5-11(3)21-15(20)12(4)19-14-10-8-7-9-13(14)18-16(19)17-6-2/h7-12H,5-6H2,1-4H3,(H,17,18). The third kappa shape index (κ3) is 3.17. The fraction of sp³-hybridized carbons (Fsp3) is 0.500. The molecule has 2 aromatic rings. The molecule has 1 heterocycles. The lowest BCUT2D eigenvalue weighted by Gasteiger charge is -2.19. The van der Waals surface area contributed by atoms with Crippen molar-refractivity contribution in [2.75, 3.05) is 11.9 Å². The first-order chi connectivity index (χ1) is 10.1. The zero-order chi connectivity index (χ0) is 15.4. The number of nitrogens with one attached hydrogen (secondary N) is 1. The molecule has 0 amide bonds. The molecule has 0 aliphatic heterocycles. The Morgan fingerprint density at radius 2 is 2.05 bits per heavy atom. The molecule has 0 aliphatic carbocycles. The molecule has 2 atom stereocenters. The average molecular weight is 289 g/mol. The van der Waals surface area contributed by atoms with Gasteiger partial charge in [-0.3, -0.25) is 4.57 Å². The van der Waals surface area contributed by atoms with Crippen LogP contribution in [0.3, 0.4) is 0 Å². The summed E-state index contributed by atoms with van der Waals surface area (Å²) in [4.78, 5) is 16.9. The van der Waals surface area contributed by atoms with E-state index in [1.165, 1.54) is 0 Å². The van der Waals surface area contributed by atoms with Gasteiger partial charge in [0.05, 0.1) is 17.1 Å². The predicted molar refractivity (Wildman–Crippen MR) is 84.5 cm³/mol. The van der Waals surface area contributed by atoms with Crippen molar-refractivity contribution < 1.29 is 9.53 Å². The zero-order valence-corrected chi connectivity index (χ0v) is 13.1. The highest BCUT2D eigenvalue weighted by Crippen LogP contribution is 2.25. The molecule has 0 radical (unpaired) electrons. The second-order valence-electron chi connectivity index (χ2n) is 5.16. The van der Waals surface area contributed by atoms with Crippen molar-refractivity contribution in [2.24, 2.45) is 0 Å². The third-order valence-corrected chi connectivity index (χ3v) is 3.55. The predicted octanol–water partition coefficient (Wildman–Crippen LogP) is 3.37. The van der Waals surface area contributed by atoms with Gasteiger partial charge in [-0.25, -0.2) is 9.78 Å². The highest BCUT2D eigenvalue weighted by atomic mass is 16.5. The number of anilines is 1. The van der Waals surface area contributed by atoms with E-state index >= 15 is 0 Å². The smallest absolute Gasteiger partial charge is 0.329 e. The zero-order valence-electron chi connectivity index (χ0n) is 13.1. The summed E-state index contributed by atoms with van der Waals surface area (Å²) in [5.74, 6) is 0.471. The second-order valence-corrected chi connectivity index (χ2v) is 5.16. The molecule has 0 saturated carbocycles. The summed E-state index contributed by atoms with van der Waals surface area (Å²) in [6.07, 6.45) is 0.737. The minimum Gasteiger partial charge on any atom is -0.461 e. The highest BCUT2D eigenvalue weighted by molar-refractivity contribution is 5.83. The molecule has 0 bridgehead atoms. The molecule has 2 unspecified atom stereocenters. The number of aromatic nitrogens is 2. The number of carbonyl (C=O) groups excluding carboxylic acids is 1. The molecule has 1 N–H and O–H groups in total. The number of esters is 1. The molecular weight excluding hydrogens is 266 g/mol. The Hall–Kier alpha value is -2.04. The van der Waals surface area contributed by atoms with E-state index in [1.54, 1.807) is 0 Å². The molecule has 0 spiro atoms. The van der Waals surface area contributed by atoms with Crippen LogP contribution in [0, 0.1) is 0 Å². The van der Waals surface area contributed by atoms with Crippen LogP contribution < -0.4 is 5.32 Å². The number of nitrogens with zero attached hydrogens (tertiary/aromatic N) is 2. The number of benzene rings is 1. The molecule has 0 fully saturated rings. The number of hydrogen-bond donors (Lipinski definition) is 1. The maximum atomic E-state index is 12.3. The van der Waals surface area contributed by atoms with E-state index in [4.69, 9.17) is 4.74 Å². The van der Waals surface area contributed by atoms with Gasteiger partial charge in [0.15, 0.2) is 0 Å². The number of rotatable bonds is 6. The molecule has 5 nitrogen and oxygen atoms in total. The monoisotopic (exact) mass is 289 g/mol. The molecule has 5 heteroatoms. The number of imidazole rings is 1. The van der Waals surface area contributed by atoms with E-state index in [2.05, 4.69) is 10.3 Å². The average Bonchev–Trinajstić information content (AvgIpc) is 2.84. The van der Waals surface area contributed by atoms with Gasteiger partial charge in [0.1, 0.15) is 6.04 Å². The quantitative estimate of drug-likeness (QED) is 0.828. The number of carbonyl (C=O) groups is 1. The number of fused-ring (bicyclic) bond motifs is 1. The van der Waals surface area contributed by atoms with E-state index in [0.717, 1.165) is 24.0 Å². The molecule has 21 heavy (non-hydrogen) atoms. The maximum Gasteiger partial charge on any atom is 0.329 e. The Morgan fingerprint density at radius 3 is 2.71 bits per heavy atom. The van der Waals surface area contributed by atoms with Crippen molar-refractivity contribution in [2.45, 2.75) is 46.3 Å². The Bertz CT molecular complexity index is 621. The Balaban J connectivity index is 2.38. The summed E-state index contributed by atoms with van der Waals surface area (Å²) in [5, 5.41) is 3.21. The molecule has 0 aliphatic rings. The summed E-state index contributed by atoms with van der Waals surface area (Å²) in [7, 11) is 0. The SMILES string of the molecule is CCNc1nc2ccccc2n1C(C)C(=O)OC(C)CC. The van der Waals surface area contributed by atoms with E-state index in [0.29, 0.717) is 5.95 Å². The van der Waals surface area contributed by atoms with Gasteiger partial charge in [0.25, 0.3) is 0 Å². The fourth-order valence-electron chi connectivity index (χ4n) is 2.20. The van der Waals surface area contributed by atoms with Gasteiger partial charge in [0.2, 0.25) is 5.95 Å². The van der Waals surface area contributed by atoms with Crippen molar-refractivity contribution in [1.82, 2.24) is 9.55 Å². The number of ether oxygens (including phenoxy) is 1. The number of hydrogen-bond acceptors (Lipinski definition) is 4. The second kappa shape index (κ2) is 6.61. The van der Waals surface area contributed by atoms with Crippen molar-refractivity contribution in [3.63, 3.8) is 0 Å². The summed E-state index contributed by atoms with van der Waals surface area (Å²) < 4.78 is 7.36. The molecule has 0 saturated heterocycles. The minimum absolute atomic E-state index is 0.0719. The Morgan fingerprint density at radius 1 is 1.33 bits per heavy atom. The lowest BCUT2D eigenvalue weighted by molar-refractivity contribution is -0.151. The van der Waals surface area contributed by atoms with Gasteiger partial charge in [-0.2, -0.15) is 0 Å². The van der Waals surface area contributed by atoms with Crippen LogP contribution in [-0.4, -0.2) is 28.2 Å². The van der Waals surface area contributed by atoms with Gasteiger partial charge in [-0.1, -0.05) is 19.1 Å². The van der Waals surface area contributed by atoms with Crippen LogP contribution in [0.25, 0.3) is 11.0 Å². The molecule has 2 rings (SSSR count). The van der Waals surface area contributed by atoms with Crippen LogP contribution in [0.15, 0.2) is 24.3 Å². The lowest BCUT2D eigenvalue weighted by Crippen LogP contribution is -2.24. The first-order valence-corrected chi connectivity index (χ1v) is 7.49. The first kappa shape index (κ1) is 15.4. The van der Waals surface area contributed by atoms with Crippen LogP contribution in [0.4, 0.5) is 5.95 Å². The van der Waals surface area contributed by atoms with Crippen LogP contribution in [0.1, 0.15) is 40.2 Å². The van der Waals surface area contributed by atoms with Gasteiger partial charge >= 0.3 is 5.97 Å². The van der Waals surface area contributed by atoms with E-state index in [-0.39, 0.29) is 12.1 Å². The van der Waals surface area contributed by atoms with Crippen molar-refractivity contribution in [3.05, 3.63) is 24.3 Å². The summed E-state index contributed by atoms with van der Waals surface area (Å²) in [5.41, 5.74) is 1.80. The van der Waals surface area contributed by atoms with Crippen LogP contribution >= 0.6 is 0 Å². The highest BCUT2D eigenvalue weighted by Gasteiger charge is 2.23. The normalized spacial score (nSPS) is 13.9.